The van der Waals surface area contributed by atoms with Crippen molar-refractivity contribution in [3.63, 3.8) is 0 Å². The fourth-order valence-electron chi connectivity index (χ4n) is 1.19. The Bertz CT molecular complexity index is 332. The number of aryl methyl sites for hydroxylation is 2. The predicted octanol–water partition coefficient (Wildman–Crippen LogP) is -1.18. The van der Waals surface area contributed by atoms with Crippen LogP contribution in [-0.4, -0.2) is 8.76 Å². The molecule has 1 aromatic carbocycles. The maximum Gasteiger partial charge on any atom is 1.00 e. The standard InChI is InChI=1S/C9H13NO2S.Na/c1-6-4-9(10-13(11)12)5-7(2)8(6)3;/h4-5,10H,1-3H3,(H,11,12);/q;+1/p-1. The van der Waals surface area contributed by atoms with Crippen LogP contribution in [0.15, 0.2) is 12.1 Å². The van der Waals surface area contributed by atoms with Crippen molar-refractivity contribution in [1.29, 1.82) is 0 Å². The molecule has 0 amide bonds. The van der Waals surface area contributed by atoms with Gasteiger partial charge in [-0.15, -0.1) is 0 Å². The van der Waals surface area contributed by atoms with E-state index in [1.807, 2.05) is 32.9 Å². The molecule has 0 heterocycles. The molecule has 0 aliphatic heterocycles. The van der Waals surface area contributed by atoms with Crippen molar-refractivity contribution in [2.75, 3.05) is 4.72 Å². The van der Waals surface area contributed by atoms with Crippen molar-refractivity contribution in [1.82, 2.24) is 0 Å². The predicted molar refractivity (Wildman–Crippen MR) is 53.2 cm³/mol. The SMILES string of the molecule is Cc1cc(NS(=O)[O-])cc(C)c1C.[Na+]. The van der Waals surface area contributed by atoms with Crippen LogP contribution in [0, 0.1) is 20.8 Å². The van der Waals surface area contributed by atoms with Gasteiger partial charge in [-0.05, 0) is 49.6 Å². The molecule has 0 saturated carbocycles. The zero-order valence-electron chi connectivity index (χ0n) is 8.88. The van der Waals surface area contributed by atoms with Crippen LogP contribution in [-0.2, 0) is 11.3 Å². The van der Waals surface area contributed by atoms with Gasteiger partial charge in [0.2, 0.25) is 0 Å². The molecule has 14 heavy (non-hydrogen) atoms. The van der Waals surface area contributed by atoms with Gasteiger partial charge in [-0.3, -0.25) is 4.21 Å². The van der Waals surface area contributed by atoms with Crippen LogP contribution in [0.2, 0.25) is 0 Å². The van der Waals surface area contributed by atoms with E-state index in [0.29, 0.717) is 5.69 Å². The fraction of sp³-hybridized carbons (Fsp3) is 0.333. The third-order valence-corrected chi connectivity index (χ3v) is 2.53. The van der Waals surface area contributed by atoms with E-state index in [1.165, 1.54) is 5.56 Å². The van der Waals surface area contributed by atoms with Crippen molar-refractivity contribution in [2.45, 2.75) is 20.8 Å². The van der Waals surface area contributed by atoms with E-state index in [2.05, 4.69) is 4.72 Å². The number of hydrogen-bond donors (Lipinski definition) is 1. The Morgan fingerprint density at radius 2 is 1.64 bits per heavy atom. The molecule has 0 aromatic heterocycles. The van der Waals surface area contributed by atoms with Gasteiger partial charge in [0, 0.05) is 17.0 Å². The van der Waals surface area contributed by atoms with Gasteiger partial charge in [0.15, 0.2) is 0 Å². The van der Waals surface area contributed by atoms with E-state index in [1.54, 1.807) is 0 Å². The molecule has 1 N–H and O–H groups in total. The second kappa shape index (κ2) is 5.88. The van der Waals surface area contributed by atoms with E-state index in [9.17, 15) is 8.76 Å². The molecule has 1 atom stereocenters. The Morgan fingerprint density at radius 3 is 2.00 bits per heavy atom. The largest absolute Gasteiger partial charge is 1.00 e. The third-order valence-electron chi connectivity index (χ3n) is 2.13. The summed E-state index contributed by atoms with van der Waals surface area (Å²) in [5, 5.41) is 0. The van der Waals surface area contributed by atoms with E-state index >= 15 is 0 Å². The van der Waals surface area contributed by atoms with Gasteiger partial charge in [0.05, 0.1) is 0 Å². The molecule has 3 nitrogen and oxygen atoms in total. The smallest absolute Gasteiger partial charge is 0.755 e. The average molecular weight is 221 g/mol. The fourth-order valence-corrected chi connectivity index (χ4v) is 1.50. The van der Waals surface area contributed by atoms with Crippen LogP contribution < -0.4 is 34.3 Å². The first kappa shape index (κ1) is 14.1. The molecule has 1 aromatic rings. The molecule has 0 aliphatic rings. The molecule has 0 spiro atoms. The van der Waals surface area contributed by atoms with Gasteiger partial charge in [0.25, 0.3) is 0 Å². The van der Waals surface area contributed by atoms with E-state index in [-0.39, 0.29) is 29.6 Å². The first-order chi connectivity index (χ1) is 6.00. The molecular weight excluding hydrogens is 209 g/mol. The van der Waals surface area contributed by atoms with Gasteiger partial charge in [-0.2, -0.15) is 0 Å². The molecular formula is C9H12NNaO2S. The Morgan fingerprint density at radius 1 is 1.21 bits per heavy atom. The van der Waals surface area contributed by atoms with Gasteiger partial charge in [-0.25, -0.2) is 0 Å². The summed E-state index contributed by atoms with van der Waals surface area (Å²) in [5.41, 5.74) is 4.00. The summed E-state index contributed by atoms with van der Waals surface area (Å²) in [6.07, 6.45) is 0. The molecule has 0 fully saturated rings. The van der Waals surface area contributed by atoms with Crippen molar-refractivity contribution in [2.24, 2.45) is 0 Å². The van der Waals surface area contributed by atoms with E-state index < -0.39 is 11.3 Å². The van der Waals surface area contributed by atoms with Crippen LogP contribution in [0.25, 0.3) is 0 Å². The zero-order valence-corrected chi connectivity index (χ0v) is 11.7. The molecule has 0 saturated heterocycles. The number of hydrogen-bond acceptors (Lipinski definition) is 2. The summed E-state index contributed by atoms with van der Waals surface area (Å²) in [4.78, 5) is 0. The van der Waals surface area contributed by atoms with Gasteiger partial charge in [-0.1, -0.05) is 0 Å². The molecule has 72 valence electrons. The van der Waals surface area contributed by atoms with Crippen LogP contribution in [0.3, 0.4) is 0 Å². The van der Waals surface area contributed by atoms with Gasteiger partial charge >= 0.3 is 29.6 Å². The number of benzene rings is 1. The van der Waals surface area contributed by atoms with Crippen molar-refractivity contribution < 1.29 is 38.3 Å². The maximum absolute atomic E-state index is 10.4. The maximum atomic E-state index is 10.4. The minimum Gasteiger partial charge on any atom is -0.755 e. The Kier molecular flexibility index (Phi) is 5.93. The van der Waals surface area contributed by atoms with E-state index in [0.717, 1.165) is 11.1 Å². The van der Waals surface area contributed by atoms with E-state index in [4.69, 9.17) is 0 Å². The first-order valence-electron chi connectivity index (χ1n) is 3.94. The van der Waals surface area contributed by atoms with Gasteiger partial charge in [0.1, 0.15) is 0 Å². The summed E-state index contributed by atoms with van der Waals surface area (Å²) in [5.74, 6) is 0. The molecule has 1 unspecified atom stereocenters. The second-order valence-electron chi connectivity index (χ2n) is 3.07. The number of anilines is 1. The van der Waals surface area contributed by atoms with Crippen LogP contribution >= 0.6 is 0 Å². The van der Waals surface area contributed by atoms with Crippen LogP contribution in [0.5, 0.6) is 0 Å². The van der Waals surface area contributed by atoms with Crippen molar-refractivity contribution >= 4 is 17.0 Å². The molecule has 1 rings (SSSR count). The Balaban J connectivity index is 0.00000169. The topological polar surface area (TPSA) is 52.2 Å². The average Bonchev–Trinajstić information content (AvgIpc) is 1.98. The van der Waals surface area contributed by atoms with Crippen LogP contribution in [0.4, 0.5) is 5.69 Å². The Hall–Kier alpha value is 0.130. The molecule has 0 aliphatic carbocycles. The monoisotopic (exact) mass is 221 g/mol. The summed E-state index contributed by atoms with van der Waals surface area (Å²) in [7, 11) is 0. The summed E-state index contributed by atoms with van der Waals surface area (Å²) in [6, 6.07) is 3.64. The summed E-state index contributed by atoms with van der Waals surface area (Å²) in [6.45, 7) is 5.94. The molecule has 0 bridgehead atoms. The molecule has 5 heteroatoms. The van der Waals surface area contributed by atoms with Crippen molar-refractivity contribution in [3.8, 4) is 0 Å². The zero-order chi connectivity index (χ0) is 10.0. The Labute approximate surface area is 109 Å². The van der Waals surface area contributed by atoms with Crippen LogP contribution in [0.1, 0.15) is 16.7 Å². The second-order valence-corrected chi connectivity index (χ2v) is 3.75. The first-order valence-corrected chi connectivity index (χ1v) is 5.02. The van der Waals surface area contributed by atoms with Gasteiger partial charge < -0.3 is 9.27 Å². The number of nitrogens with one attached hydrogen (secondary N) is 1. The third kappa shape index (κ3) is 3.71. The van der Waals surface area contributed by atoms with Crippen molar-refractivity contribution in [3.05, 3.63) is 28.8 Å². The summed E-state index contributed by atoms with van der Waals surface area (Å²) >= 11 is -2.24. The normalized spacial score (nSPS) is 11.7. The molecule has 0 radical (unpaired) electrons. The summed E-state index contributed by atoms with van der Waals surface area (Å²) < 4.78 is 23.1. The minimum atomic E-state index is -2.24. The number of rotatable bonds is 2. The quantitative estimate of drug-likeness (QED) is 0.505. The minimum absolute atomic E-state index is 0.